The third-order valence-electron chi connectivity index (χ3n) is 2.56. The van der Waals surface area contributed by atoms with Gasteiger partial charge in [0.15, 0.2) is 0 Å². The lowest BCUT2D eigenvalue weighted by atomic mass is 10.1. The number of amides is 1. The van der Waals surface area contributed by atoms with Crippen molar-refractivity contribution < 1.29 is 9.90 Å². The quantitative estimate of drug-likeness (QED) is 0.887. The molecule has 0 bridgehead atoms. The Morgan fingerprint density at radius 2 is 2.06 bits per heavy atom. The molecule has 1 aromatic heterocycles. The minimum absolute atomic E-state index is 0.0273. The molecule has 0 aliphatic carbocycles. The van der Waals surface area contributed by atoms with E-state index >= 15 is 0 Å². The summed E-state index contributed by atoms with van der Waals surface area (Å²) < 4.78 is 1.54. The fraction of sp³-hybridized carbons (Fsp3) is 0.400. The zero-order valence-electron chi connectivity index (χ0n) is 8.36. The summed E-state index contributed by atoms with van der Waals surface area (Å²) in [7, 11) is 0. The van der Waals surface area contributed by atoms with E-state index in [0.717, 1.165) is 14.6 Å². The standard InChI is InChI=1S/C10H10Br2N2O2/c11-7-2-13-3-8(12)10(7)14-4-6(5-15)1-9(14)16/h2-3,6,15H,1,4-5H2. The Balaban J connectivity index is 2.35. The van der Waals surface area contributed by atoms with Gasteiger partial charge >= 0.3 is 0 Å². The van der Waals surface area contributed by atoms with Crippen LogP contribution in [-0.2, 0) is 4.79 Å². The van der Waals surface area contributed by atoms with E-state index in [-0.39, 0.29) is 18.4 Å². The number of hydrogen-bond donors (Lipinski definition) is 1. The number of halogens is 2. The Morgan fingerprint density at radius 1 is 1.44 bits per heavy atom. The maximum atomic E-state index is 11.8. The number of aromatic nitrogens is 1. The van der Waals surface area contributed by atoms with Crippen LogP contribution in [0.2, 0.25) is 0 Å². The lowest BCUT2D eigenvalue weighted by molar-refractivity contribution is -0.117. The van der Waals surface area contributed by atoms with Crippen LogP contribution in [0.5, 0.6) is 0 Å². The zero-order valence-corrected chi connectivity index (χ0v) is 11.5. The molecule has 6 heteroatoms. The third kappa shape index (κ3) is 2.14. The fourth-order valence-electron chi connectivity index (χ4n) is 1.78. The Hall–Kier alpha value is -0.460. The molecule has 1 aromatic rings. The van der Waals surface area contributed by atoms with Gasteiger partial charge in [0.1, 0.15) is 0 Å². The summed E-state index contributed by atoms with van der Waals surface area (Å²) in [5.74, 6) is 0.0612. The summed E-state index contributed by atoms with van der Waals surface area (Å²) in [6, 6.07) is 0. The maximum Gasteiger partial charge on any atom is 0.227 e. The van der Waals surface area contributed by atoms with Gasteiger partial charge in [-0.15, -0.1) is 0 Å². The van der Waals surface area contributed by atoms with Gasteiger partial charge in [-0.1, -0.05) is 0 Å². The molecule has 1 unspecified atom stereocenters. The van der Waals surface area contributed by atoms with Crippen LogP contribution in [0.3, 0.4) is 0 Å². The first kappa shape index (κ1) is 12.0. The highest BCUT2D eigenvalue weighted by atomic mass is 79.9. The van der Waals surface area contributed by atoms with Crippen LogP contribution in [0.4, 0.5) is 5.69 Å². The first-order valence-electron chi connectivity index (χ1n) is 4.83. The predicted octanol–water partition coefficient (Wildman–Crippen LogP) is 1.95. The van der Waals surface area contributed by atoms with Gasteiger partial charge in [0.25, 0.3) is 0 Å². The second-order valence-electron chi connectivity index (χ2n) is 3.71. The van der Waals surface area contributed by atoms with Gasteiger partial charge in [0.05, 0.1) is 14.6 Å². The van der Waals surface area contributed by atoms with Crippen LogP contribution in [0.15, 0.2) is 21.3 Å². The molecule has 1 saturated heterocycles. The van der Waals surface area contributed by atoms with E-state index in [1.54, 1.807) is 17.3 Å². The summed E-state index contributed by atoms with van der Waals surface area (Å²) in [5, 5.41) is 9.07. The Kier molecular flexibility index (Phi) is 3.61. The zero-order chi connectivity index (χ0) is 11.7. The molecule has 1 aliphatic rings. The lowest BCUT2D eigenvalue weighted by Gasteiger charge is -2.19. The van der Waals surface area contributed by atoms with Crippen molar-refractivity contribution >= 4 is 43.5 Å². The van der Waals surface area contributed by atoms with Crippen LogP contribution in [0.25, 0.3) is 0 Å². The predicted molar refractivity (Wildman–Crippen MR) is 67.2 cm³/mol. The molecule has 1 amide bonds. The average molecular weight is 350 g/mol. The van der Waals surface area contributed by atoms with Crippen LogP contribution in [-0.4, -0.2) is 29.1 Å². The molecule has 1 atom stereocenters. The number of pyridine rings is 1. The largest absolute Gasteiger partial charge is 0.396 e. The molecule has 0 aromatic carbocycles. The summed E-state index contributed by atoms with van der Waals surface area (Å²) in [6.45, 7) is 0.596. The van der Waals surface area contributed by atoms with Crippen LogP contribution in [0, 0.1) is 5.92 Å². The molecule has 86 valence electrons. The minimum Gasteiger partial charge on any atom is -0.396 e. The molecule has 16 heavy (non-hydrogen) atoms. The van der Waals surface area contributed by atoms with E-state index in [0.29, 0.717) is 13.0 Å². The smallest absolute Gasteiger partial charge is 0.227 e. The Labute approximate surface area is 110 Å². The molecule has 1 aliphatic heterocycles. The SMILES string of the molecule is O=C1CC(CO)CN1c1c(Br)cncc1Br. The number of carbonyl (C=O) groups is 1. The molecular weight excluding hydrogens is 340 g/mol. The Morgan fingerprint density at radius 3 is 2.56 bits per heavy atom. The van der Waals surface area contributed by atoms with Crippen molar-refractivity contribution in [3.8, 4) is 0 Å². The van der Waals surface area contributed by atoms with E-state index in [9.17, 15) is 4.79 Å². The molecule has 2 heterocycles. The van der Waals surface area contributed by atoms with E-state index < -0.39 is 0 Å². The summed E-state index contributed by atoms with van der Waals surface area (Å²) >= 11 is 6.76. The van der Waals surface area contributed by atoms with Gasteiger partial charge in [-0.25, -0.2) is 0 Å². The first-order chi connectivity index (χ1) is 7.63. The molecule has 2 rings (SSSR count). The van der Waals surface area contributed by atoms with Gasteiger partial charge in [0.2, 0.25) is 5.91 Å². The molecular formula is C10H10Br2N2O2. The second-order valence-corrected chi connectivity index (χ2v) is 5.42. The number of rotatable bonds is 2. The normalized spacial score (nSPS) is 20.6. The number of carbonyl (C=O) groups excluding carboxylic acids is 1. The highest BCUT2D eigenvalue weighted by molar-refractivity contribution is 9.11. The number of nitrogens with zero attached hydrogens (tertiary/aromatic N) is 2. The van der Waals surface area contributed by atoms with Gasteiger partial charge in [-0.3, -0.25) is 9.78 Å². The van der Waals surface area contributed by atoms with Crippen molar-refractivity contribution in [2.75, 3.05) is 18.1 Å². The maximum absolute atomic E-state index is 11.8. The van der Waals surface area contributed by atoms with E-state index in [2.05, 4.69) is 36.8 Å². The number of aliphatic hydroxyl groups is 1. The molecule has 1 fully saturated rings. The summed E-state index contributed by atoms with van der Waals surface area (Å²) in [5.41, 5.74) is 0.788. The number of anilines is 1. The van der Waals surface area contributed by atoms with Crippen molar-refractivity contribution in [2.45, 2.75) is 6.42 Å². The molecule has 1 N–H and O–H groups in total. The van der Waals surface area contributed by atoms with Gasteiger partial charge in [-0.05, 0) is 31.9 Å². The van der Waals surface area contributed by atoms with Crippen LogP contribution in [0.1, 0.15) is 6.42 Å². The van der Waals surface area contributed by atoms with Crippen LogP contribution < -0.4 is 4.90 Å². The third-order valence-corrected chi connectivity index (χ3v) is 3.72. The van der Waals surface area contributed by atoms with E-state index in [1.807, 2.05) is 0 Å². The van der Waals surface area contributed by atoms with Crippen molar-refractivity contribution in [3.63, 3.8) is 0 Å². The average Bonchev–Trinajstić information content (AvgIpc) is 2.60. The second kappa shape index (κ2) is 4.81. The topological polar surface area (TPSA) is 53.4 Å². The Bertz CT molecular complexity index is 405. The molecule has 0 saturated carbocycles. The highest BCUT2D eigenvalue weighted by Gasteiger charge is 2.32. The van der Waals surface area contributed by atoms with E-state index in [1.165, 1.54) is 0 Å². The number of hydrogen-bond acceptors (Lipinski definition) is 3. The van der Waals surface area contributed by atoms with Gasteiger partial charge in [-0.2, -0.15) is 0 Å². The van der Waals surface area contributed by atoms with Gasteiger partial charge in [0, 0.05) is 37.9 Å². The van der Waals surface area contributed by atoms with Crippen LogP contribution >= 0.6 is 31.9 Å². The van der Waals surface area contributed by atoms with E-state index in [4.69, 9.17) is 5.11 Å². The van der Waals surface area contributed by atoms with Crippen molar-refractivity contribution in [3.05, 3.63) is 21.3 Å². The minimum atomic E-state index is 0.0273. The molecule has 0 spiro atoms. The lowest BCUT2D eigenvalue weighted by Crippen LogP contribution is -2.25. The van der Waals surface area contributed by atoms with Crippen molar-refractivity contribution in [2.24, 2.45) is 5.92 Å². The van der Waals surface area contributed by atoms with Crippen molar-refractivity contribution in [1.29, 1.82) is 0 Å². The molecule has 4 nitrogen and oxygen atoms in total. The van der Waals surface area contributed by atoms with Gasteiger partial charge < -0.3 is 10.0 Å². The van der Waals surface area contributed by atoms with Crippen molar-refractivity contribution in [1.82, 2.24) is 4.98 Å². The number of aliphatic hydroxyl groups excluding tert-OH is 1. The first-order valence-corrected chi connectivity index (χ1v) is 6.42. The monoisotopic (exact) mass is 348 g/mol. The fourth-order valence-corrected chi connectivity index (χ4v) is 3.14. The summed E-state index contributed by atoms with van der Waals surface area (Å²) in [4.78, 5) is 17.5. The summed E-state index contributed by atoms with van der Waals surface area (Å²) in [6.07, 6.45) is 3.71. The highest BCUT2D eigenvalue weighted by Crippen LogP contribution is 2.36. The molecule has 0 radical (unpaired) electrons.